The molecule has 2 aromatic carbocycles. The number of para-hydroxylation sites is 1. The van der Waals surface area contributed by atoms with Crippen molar-refractivity contribution in [3.05, 3.63) is 60.8 Å². The smallest absolute Gasteiger partial charge is 0.0865 e. The lowest BCUT2D eigenvalue weighted by atomic mass is 10.1. The largest absolute Gasteiger partial charge is 0.310 e. The van der Waals surface area contributed by atoms with Gasteiger partial charge in [0.25, 0.3) is 0 Å². The van der Waals surface area contributed by atoms with Gasteiger partial charge in [0.2, 0.25) is 0 Å². The van der Waals surface area contributed by atoms with Crippen LogP contribution in [0.1, 0.15) is 26.2 Å². The molecule has 0 saturated carbocycles. The van der Waals surface area contributed by atoms with Crippen LogP contribution in [-0.4, -0.2) is 9.56 Å². The Morgan fingerprint density at radius 2 is 1.71 bits per heavy atom. The molecule has 2 heteroatoms. The molecule has 0 bridgehead atoms. The van der Waals surface area contributed by atoms with E-state index in [1.54, 1.807) is 0 Å². The maximum atomic E-state index is 5.64. The van der Waals surface area contributed by atoms with E-state index in [0.717, 1.165) is 17.8 Å². The number of benzene rings is 2. The summed E-state index contributed by atoms with van der Waals surface area (Å²) in [7, 11) is 0. The average molecular weight is 293 g/mol. The highest BCUT2D eigenvalue weighted by molar-refractivity contribution is 7.80. The number of fused-ring (bicyclic) bond motifs is 1. The summed E-state index contributed by atoms with van der Waals surface area (Å²) in [4.78, 5) is 1.01. The zero-order chi connectivity index (χ0) is 14.7. The summed E-state index contributed by atoms with van der Waals surface area (Å²) in [6, 6.07) is 19.0. The highest BCUT2D eigenvalue weighted by atomic mass is 32.1. The summed E-state index contributed by atoms with van der Waals surface area (Å²) in [5.74, 6) is 0. The van der Waals surface area contributed by atoms with Gasteiger partial charge in [0.15, 0.2) is 0 Å². The van der Waals surface area contributed by atoms with Gasteiger partial charge in [0.05, 0.1) is 10.5 Å². The van der Waals surface area contributed by atoms with Crippen molar-refractivity contribution in [1.82, 2.24) is 4.57 Å². The molecule has 0 N–H and O–H groups in total. The molecule has 0 spiro atoms. The highest BCUT2D eigenvalue weighted by Gasteiger charge is 2.11. The SMILES string of the molecule is CCCCC(=S)n1cc(-c2ccccc2)c2ccccc21. The van der Waals surface area contributed by atoms with Gasteiger partial charge in [-0.15, -0.1) is 0 Å². The maximum absolute atomic E-state index is 5.64. The molecule has 1 nitrogen and oxygen atoms in total. The van der Waals surface area contributed by atoms with E-state index in [4.69, 9.17) is 12.2 Å². The van der Waals surface area contributed by atoms with E-state index < -0.39 is 0 Å². The van der Waals surface area contributed by atoms with Crippen molar-refractivity contribution in [3.8, 4) is 11.1 Å². The first kappa shape index (κ1) is 14.0. The van der Waals surface area contributed by atoms with Crippen LogP contribution < -0.4 is 0 Å². The molecule has 0 amide bonds. The summed E-state index contributed by atoms with van der Waals surface area (Å²) >= 11 is 5.64. The first-order chi connectivity index (χ1) is 10.3. The lowest BCUT2D eigenvalue weighted by Crippen LogP contribution is -2.06. The molecule has 1 aromatic heterocycles. The number of hydrogen-bond donors (Lipinski definition) is 0. The Morgan fingerprint density at radius 3 is 2.48 bits per heavy atom. The van der Waals surface area contributed by atoms with Crippen molar-refractivity contribution in [3.63, 3.8) is 0 Å². The summed E-state index contributed by atoms with van der Waals surface area (Å²) in [5, 5.41) is 1.27. The zero-order valence-electron chi connectivity index (χ0n) is 12.3. The van der Waals surface area contributed by atoms with Crippen LogP contribution in [0.2, 0.25) is 0 Å². The van der Waals surface area contributed by atoms with Crippen LogP contribution in [0.3, 0.4) is 0 Å². The summed E-state index contributed by atoms with van der Waals surface area (Å²) in [6.45, 7) is 2.20. The predicted octanol–water partition coefficient (Wildman–Crippen LogP) is 5.67. The first-order valence-electron chi connectivity index (χ1n) is 7.50. The second kappa shape index (κ2) is 6.23. The molecule has 0 unspecified atom stereocenters. The van der Waals surface area contributed by atoms with Crippen molar-refractivity contribution in [2.75, 3.05) is 0 Å². The van der Waals surface area contributed by atoms with Crippen molar-refractivity contribution >= 4 is 28.1 Å². The van der Waals surface area contributed by atoms with Gasteiger partial charge in [-0.05, 0) is 24.5 Å². The molecular weight excluding hydrogens is 274 g/mol. The number of unbranched alkanes of at least 4 members (excludes halogenated alkanes) is 1. The molecule has 106 valence electrons. The number of rotatable bonds is 4. The fraction of sp³-hybridized carbons (Fsp3) is 0.211. The first-order valence-corrected chi connectivity index (χ1v) is 7.91. The minimum Gasteiger partial charge on any atom is -0.310 e. The normalized spacial score (nSPS) is 10.9. The average Bonchev–Trinajstić information content (AvgIpc) is 2.93. The minimum atomic E-state index is 0.971. The molecule has 3 rings (SSSR count). The van der Waals surface area contributed by atoms with E-state index >= 15 is 0 Å². The fourth-order valence-electron chi connectivity index (χ4n) is 2.68. The van der Waals surface area contributed by atoms with E-state index in [2.05, 4.69) is 72.3 Å². The quantitative estimate of drug-likeness (QED) is 0.561. The van der Waals surface area contributed by atoms with E-state index in [1.165, 1.54) is 28.5 Å². The van der Waals surface area contributed by atoms with Gasteiger partial charge in [-0.2, -0.15) is 0 Å². The standard InChI is InChI=1S/C19H19NS/c1-2-3-13-19(21)20-14-17(15-9-5-4-6-10-15)16-11-7-8-12-18(16)20/h4-12,14H,2-3,13H2,1H3. The van der Waals surface area contributed by atoms with Crippen LogP contribution >= 0.6 is 12.2 Å². The Hall–Kier alpha value is -1.93. The summed E-state index contributed by atoms with van der Waals surface area (Å²) in [6.07, 6.45) is 5.48. The Morgan fingerprint density at radius 1 is 1.00 bits per heavy atom. The maximum Gasteiger partial charge on any atom is 0.0865 e. The van der Waals surface area contributed by atoms with Gasteiger partial charge in [-0.3, -0.25) is 0 Å². The fourth-order valence-corrected chi connectivity index (χ4v) is 2.98. The van der Waals surface area contributed by atoms with Crippen LogP contribution in [0.5, 0.6) is 0 Å². The molecule has 0 aliphatic rings. The van der Waals surface area contributed by atoms with E-state index in [9.17, 15) is 0 Å². The van der Waals surface area contributed by atoms with E-state index in [1.807, 2.05) is 0 Å². The number of thiocarbonyl (C=S) groups is 1. The molecule has 0 radical (unpaired) electrons. The highest BCUT2D eigenvalue weighted by Crippen LogP contribution is 2.30. The lowest BCUT2D eigenvalue weighted by molar-refractivity contribution is 0.828. The lowest BCUT2D eigenvalue weighted by Gasteiger charge is -2.06. The Balaban J connectivity index is 2.13. The third-order valence-corrected chi connectivity index (χ3v) is 4.21. The van der Waals surface area contributed by atoms with Crippen LogP contribution in [0.15, 0.2) is 60.8 Å². The van der Waals surface area contributed by atoms with Gasteiger partial charge in [-0.1, -0.05) is 74.1 Å². The van der Waals surface area contributed by atoms with Crippen LogP contribution in [0.4, 0.5) is 0 Å². The Bertz CT molecular complexity index is 756. The topological polar surface area (TPSA) is 4.93 Å². The molecule has 21 heavy (non-hydrogen) atoms. The predicted molar refractivity (Wildman–Crippen MR) is 94.9 cm³/mol. The van der Waals surface area contributed by atoms with Gasteiger partial charge in [0.1, 0.15) is 0 Å². The number of aromatic nitrogens is 1. The molecule has 1 heterocycles. The van der Waals surface area contributed by atoms with Crippen LogP contribution in [0.25, 0.3) is 22.0 Å². The molecular formula is C19H19NS. The monoisotopic (exact) mass is 293 g/mol. The van der Waals surface area contributed by atoms with Crippen molar-refractivity contribution in [1.29, 1.82) is 0 Å². The van der Waals surface area contributed by atoms with Crippen molar-refractivity contribution < 1.29 is 0 Å². The Labute approximate surface area is 131 Å². The second-order valence-electron chi connectivity index (χ2n) is 5.29. The third-order valence-electron chi connectivity index (χ3n) is 3.81. The summed E-state index contributed by atoms with van der Waals surface area (Å²) < 4.78 is 2.18. The van der Waals surface area contributed by atoms with Crippen molar-refractivity contribution in [2.45, 2.75) is 26.2 Å². The van der Waals surface area contributed by atoms with Gasteiger partial charge in [0, 0.05) is 17.1 Å². The van der Waals surface area contributed by atoms with Gasteiger partial charge in [-0.25, -0.2) is 0 Å². The second-order valence-corrected chi connectivity index (χ2v) is 5.76. The third kappa shape index (κ3) is 2.77. The molecule has 0 aliphatic heterocycles. The summed E-state index contributed by atoms with van der Waals surface area (Å²) in [5.41, 5.74) is 3.70. The molecule has 0 fully saturated rings. The minimum absolute atomic E-state index is 0.971. The molecule has 3 aromatic rings. The van der Waals surface area contributed by atoms with Crippen LogP contribution in [-0.2, 0) is 0 Å². The molecule has 0 saturated heterocycles. The Kier molecular flexibility index (Phi) is 4.16. The van der Waals surface area contributed by atoms with E-state index in [-0.39, 0.29) is 0 Å². The van der Waals surface area contributed by atoms with Crippen LogP contribution in [0, 0.1) is 0 Å². The number of nitrogens with zero attached hydrogens (tertiary/aromatic N) is 1. The molecule has 0 atom stereocenters. The number of hydrogen-bond acceptors (Lipinski definition) is 1. The van der Waals surface area contributed by atoms with Gasteiger partial charge >= 0.3 is 0 Å². The van der Waals surface area contributed by atoms with Crippen molar-refractivity contribution in [2.24, 2.45) is 0 Å². The molecule has 0 aliphatic carbocycles. The van der Waals surface area contributed by atoms with E-state index in [0.29, 0.717) is 0 Å². The zero-order valence-corrected chi connectivity index (χ0v) is 13.1. The van der Waals surface area contributed by atoms with Gasteiger partial charge < -0.3 is 4.57 Å².